The zero-order valence-electron chi connectivity index (χ0n) is 9.05. The lowest BCUT2D eigenvalue weighted by molar-refractivity contribution is -0.147. The monoisotopic (exact) mass is 263 g/mol. The van der Waals surface area contributed by atoms with Gasteiger partial charge in [-0.1, -0.05) is 36.7 Å². The zero-order valence-corrected chi connectivity index (χ0v) is 10.6. The van der Waals surface area contributed by atoms with Crippen LogP contribution >= 0.6 is 15.9 Å². The molecule has 0 saturated carbocycles. The minimum Gasteiger partial charge on any atom is -0.377 e. The van der Waals surface area contributed by atoms with Gasteiger partial charge in [-0.05, 0) is 0 Å². The van der Waals surface area contributed by atoms with Crippen LogP contribution in [0.1, 0.15) is 20.8 Å². The quantitative estimate of drug-likeness (QED) is 0.674. The lowest BCUT2D eigenvalue weighted by atomic mass is 9.94. The molecule has 0 aliphatic carbocycles. The molecule has 1 saturated heterocycles. The van der Waals surface area contributed by atoms with E-state index in [0.29, 0.717) is 19.8 Å². The van der Waals surface area contributed by atoms with Gasteiger partial charge in [0.05, 0.1) is 19.3 Å². The Bertz CT molecular complexity index is 213. The number of alkyl halides is 1. The molecule has 4 heteroatoms. The van der Waals surface area contributed by atoms with Gasteiger partial charge in [-0.15, -0.1) is 0 Å². The average Bonchev–Trinajstić information content (AvgIpc) is 2.15. The highest BCUT2D eigenvalue weighted by molar-refractivity contribution is 9.09. The lowest BCUT2D eigenvalue weighted by Crippen LogP contribution is -2.53. The zero-order chi connectivity index (χ0) is 10.8. The summed E-state index contributed by atoms with van der Waals surface area (Å²) in [6, 6.07) is 0.190. The molecule has 1 aliphatic rings. The molecule has 14 heavy (non-hydrogen) atoms. The number of hydrogen-bond acceptors (Lipinski definition) is 2. The van der Waals surface area contributed by atoms with E-state index in [1.54, 1.807) is 0 Å². The van der Waals surface area contributed by atoms with E-state index in [1.165, 1.54) is 0 Å². The fourth-order valence-electron chi connectivity index (χ4n) is 1.48. The Morgan fingerprint density at radius 2 is 2.21 bits per heavy atom. The van der Waals surface area contributed by atoms with E-state index in [4.69, 9.17) is 4.74 Å². The molecule has 0 spiro atoms. The second-order valence-electron chi connectivity index (χ2n) is 4.63. The van der Waals surface area contributed by atoms with Crippen LogP contribution in [-0.4, -0.2) is 41.9 Å². The highest BCUT2D eigenvalue weighted by Crippen LogP contribution is 2.21. The molecule has 3 nitrogen and oxygen atoms in total. The Morgan fingerprint density at radius 1 is 1.57 bits per heavy atom. The Labute approximate surface area is 93.9 Å². The maximum absolute atomic E-state index is 12.0. The first-order valence-corrected chi connectivity index (χ1v) is 6.03. The number of carbonyl (C=O) groups excluding carboxylic acids is 1. The molecule has 82 valence electrons. The van der Waals surface area contributed by atoms with Crippen molar-refractivity contribution < 1.29 is 9.53 Å². The molecule has 1 rings (SSSR count). The van der Waals surface area contributed by atoms with Crippen molar-refractivity contribution >= 4 is 21.8 Å². The van der Waals surface area contributed by atoms with Gasteiger partial charge < -0.3 is 9.64 Å². The topological polar surface area (TPSA) is 29.5 Å². The lowest BCUT2D eigenvalue weighted by Gasteiger charge is -2.38. The average molecular weight is 264 g/mol. The molecular formula is C10H18BrNO2. The highest BCUT2D eigenvalue weighted by atomic mass is 79.9. The molecule has 0 radical (unpaired) electrons. The van der Waals surface area contributed by atoms with E-state index in [0.717, 1.165) is 5.33 Å². The van der Waals surface area contributed by atoms with Crippen molar-refractivity contribution in [2.24, 2.45) is 5.41 Å². The van der Waals surface area contributed by atoms with Crippen LogP contribution in [0, 0.1) is 5.41 Å². The molecule has 1 unspecified atom stereocenters. The van der Waals surface area contributed by atoms with Crippen molar-refractivity contribution in [2.45, 2.75) is 26.8 Å². The SMILES string of the molecule is CC(C)(C)C(=O)N1CCOCC1CBr. The first-order chi connectivity index (χ1) is 6.46. The van der Waals surface area contributed by atoms with Crippen LogP contribution in [0.15, 0.2) is 0 Å². The number of ether oxygens (including phenoxy) is 1. The number of amides is 1. The predicted molar refractivity (Wildman–Crippen MR) is 59.6 cm³/mol. The first-order valence-electron chi connectivity index (χ1n) is 4.91. The van der Waals surface area contributed by atoms with Crippen LogP contribution in [-0.2, 0) is 9.53 Å². The van der Waals surface area contributed by atoms with Gasteiger partial charge in [0.15, 0.2) is 0 Å². The number of nitrogens with zero attached hydrogens (tertiary/aromatic N) is 1. The summed E-state index contributed by atoms with van der Waals surface area (Å²) < 4.78 is 5.34. The fourth-order valence-corrected chi connectivity index (χ4v) is 2.02. The Balaban J connectivity index is 2.69. The summed E-state index contributed by atoms with van der Waals surface area (Å²) >= 11 is 3.41. The third kappa shape index (κ3) is 2.70. The normalized spacial score (nSPS) is 23.7. The van der Waals surface area contributed by atoms with Crippen molar-refractivity contribution in [2.75, 3.05) is 25.1 Å². The molecule has 1 aliphatic heterocycles. The van der Waals surface area contributed by atoms with E-state index in [9.17, 15) is 4.79 Å². The van der Waals surface area contributed by atoms with E-state index >= 15 is 0 Å². The van der Waals surface area contributed by atoms with E-state index in [1.807, 2.05) is 25.7 Å². The molecule has 0 aromatic heterocycles. The van der Waals surface area contributed by atoms with Gasteiger partial charge in [0.2, 0.25) is 5.91 Å². The van der Waals surface area contributed by atoms with Gasteiger partial charge >= 0.3 is 0 Å². The third-order valence-corrected chi connectivity index (χ3v) is 3.06. The van der Waals surface area contributed by atoms with Crippen molar-refractivity contribution in [1.82, 2.24) is 4.90 Å². The smallest absolute Gasteiger partial charge is 0.228 e. The molecule has 1 atom stereocenters. The van der Waals surface area contributed by atoms with Gasteiger partial charge in [-0.25, -0.2) is 0 Å². The molecule has 0 aromatic carbocycles. The third-order valence-electron chi connectivity index (χ3n) is 2.31. The number of hydrogen-bond donors (Lipinski definition) is 0. The maximum atomic E-state index is 12.0. The van der Waals surface area contributed by atoms with Gasteiger partial charge in [0.1, 0.15) is 0 Å². The van der Waals surface area contributed by atoms with Gasteiger partial charge in [0.25, 0.3) is 0 Å². The molecular weight excluding hydrogens is 246 g/mol. The fraction of sp³-hybridized carbons (Fsp3) is 0.900. The van der Waals surface area contributed by atoms with Crippen molar-refractivity contribution in [3.05, 3.63) is 0 Å². The molecule has 0 N–H and O–H groups in total. The number of carbonyl (C=O) groups is 1. The molecule has 0 bridgehead atoms. The van der Waals surface area contributed by atoms with Crippen LogP contribution in [0.25, 0.3) is 0 Å². The first kappa shape index (κ1) is 12.0. The number of halogens is 1. The van der Waals surface area contributed by atoms with Crippen molar-refractivity contribution in [1.29, 1.82) is 0 Å². The summed E-state index contributed by atoms with van der Waals surface area (Å²) in [5, 5.41) is 0.787. The van der Waals surface area contributed by atoms with Crippen LogP contribution in [0.3, 0.4) is 0 Å². The minimum atomic E-state index is -0.294. The number of morpholine rings is 1. The van der Waals surface area contributed by atoms with Crippen molar-refractivity contribution in [3.63, 3.8) is 0 Å². The van der Waals surface area contributed by atoms with E-state index in [2.05, 4.69) is 15.9 Å². The van der Waals surface area contributed by atoms with Crippen molar-refractivity contribution in [3.8, 4) is 0 Å². The largest absolute Gasteiger partial charge is 0.377 e. The highest BCUT2D eigenvalue weighted by Gasteiger charge is 2.33. The Morgan fingerprint density at radius 3 is 2.71 bits per heavy atom. The second kappa shape index (κ2) is 4.62. The Hall–Kier alpha value is -0.0900. The van der Waals surface area contributed by atoms with Gasteiger partial charge in [-0.2, -0.15) is 0 Å². The van der Waals surface area contributed by atoms with Gasteiger partial charge in [0, 0.05) is 17.3 Å². The maximum Gasteiger partial charge on any atom is 0.228 e. The van der Waals surface area contributed by atoms with E-state index in [-0.39, 0.29) is 17.4 Å². The molecule has 1 amide bonds. The molecule has 0 aromatic rings. The van der Waals surface area contributed by atoms with Crippen LogP contribution < -0.4 is 0 Å². The summed E-state index contributed by atoms with van der Waals surface area (Å²) in [4.78, 5) is 14.0. The van der Waals surface area contributed by atoms with Crippen LogP contribution in [0.5, 0.6) is 0 Å². The van der Waals surface area contributed by atoms with E-state index < -0.39 is 0 Å². The summed E-state index contributed by atoms with van der Waals surface area (Å²) in [6.45, 7) is 7.88. The second-order valence-corrected chi connectivity index (χ2v) is 5.28. The van der Waals surface area contributed by atoms with Gasteiger partial charge in [-0.3, -0.25) is 4.79 Å². The van der Waals surface area contributed by atoms with Crippen LogP contribution in [0.4, 0.5) is 0 Å². The number of rotatable bonds is 1. The predicted octanol–water partition coefficient (Wildman–Crippen LogP) is 1.65. The van der Waals surface area contributed by atoms with Crippen LogP contribution in [0.2, 0.25) is 0 Å². The summed E-state index contributed by atoms with van der Waals surface area (Å²) in [5.74, 6) is 0.213. The summed E-state index contributed by atoms with van der Waals surface area (Å²) in [6.07, 6.45) is 0. The minimum absolute atomic E-state index is 0.190. The standard InChI is InChI=1S/C10H18BrNO2/c1-10(2,3)9(13)12-4-5-14-7-8(12)6-11/h8H,4-7H2,1-3H3. The summed E-state index contributed by atoms with van der Waals surface area (Å²) in [5.41, 5.74) is -0.294. The summed E-state index contributed by atoms with van der Waals surface area (Å²) in [7, 11) is 0. The Kier molecular flexibility index (Phi) is 3.95. The molecule has 1 heterocycles. The molecule has 1 fully saturated rings.